The molecule has 27 heavy (non-hydrogen) atoms. The van der Waals surface area contributed by atoms with Gasteiger partial charge < -0.3 is 9.42 Å². The average Bonchev–Trinajstić information content (AvgIpc) is 3.14. The van der Waals surface area contributed by atoms with Crippen molar-refractivity contribution in [1.82, 2.24) is 19.9 Å². The van der Waals surface area contributed by atoms with Crippen LogP contribution in [-0.4, -0.2) is 45.5 Å². The van der Waals surface area contributed by atoms with Crippen molar-refractivity contribution in [1.29, 1.82) is 0 Å². The first kappa shape index (κ1) is 18.2. The van der Waals surface area contributed by atoms with Crippen LogP contribution in [0, 0.1) is 5.41 Å². The van der Waals surface area contributed by atoms with Gasteiger partial charge in [-0.25, -0.2) is 0 Å². The molecule has 6 nitrogen and oxygen atoms in total. The van der Waals surface area contributed by atoms with Crippen LogP contribution in [0.15, 0.2) is 34.9 Å². The van der Waals surface area contributed by atoms with Gasteiger partial charge in [-0.1, -0.05) is 42.4 Å². The smallest absolute Gasteiger partial charge is 0.226 e. The van der Waals surface area contributed by atoms with E-state index in [9.17, 15) is 4.79 Å². The summed E-state index contributed by atoms with van der Waals surface area (Å²) in [7, 11) is 0. The summed E-state index contributed by atoms with van der Waals surface area (Å²) in [6.45, 7) is 6.38. The first-order valence-electron chi connectivity index (χ1n) is 10.0. The minimum Gasteiger partial charge on any atom is -0.339 e. The summed E-state index contributed by atoms with van der Waals surface area (Å²) in [4.78, 5) is 21.5. The van der Waals surface area contributed by atoms with Crippen molar-refractivity contribution >= 4 is 5.91 Å². The molecule has 0 aliphatic carbocycles. The Hall–Kier alpha value is -2.21. The van der Waals surface area contributed by atoms with Crippen LogP contribution in [0.5, 0.6) is 0 Å². The van der Waals surface area contributed by atoms with Crippen molar-refractivity contribution in [2.45, 2.75) is 52.1 Å². The van der Waals surface area contributed by atoms with E-state index in [0.717, 1.165) is 51.3 Å². The maximum atomic E-state index is 12.5. The molecule has 6 heteroatoms. The van der Waals surface area contributed by atoms with Crippen LogP contribution in [0.4, 0.5) is 0 Å². The normalized spacial score (nSPS) is 23.9. The number of aryl methyl sites for hydroxylation is 1. The molecule has 0 radical (unpaired) electrons. The van der Waals surface area contributed by atoms with E-state index < -0.39 is 0 Å². The molecule has 2 aliphatic rings. The average molecular weight is 368 g/mol. The van der Waals surface area contributed by atoms with Gasteiger partial charge in [-0.15, -0.1) is 0 Å². The van der Waals surface area contributed by atoms with Gasteiger partial charge in [-0.2, -0.15) is 4.98 Å². The van der Waals surface area contributed by atoms with Crippen LogP contribution in [0.2, 0.25) is 0 Å². The standard InChI is InChI=1S/C21H28N4O2/c1-2-19-22-18(23-27-19)14-24-12-6-10-21(15-24)11-9-20(26)25(16-21)13-17-7-4-3-5-8-17/h3-5,7-8H,2,6,9-16H2,1H3/t21-/m1/s1. The molecule has 2 aromatic rings. The summed E-state index contributed by atoms with van der Waals surface area (Å²) in [5.41, 5.74) is 1.40. The van der Waals surface area contributed by atoms with E-state index >= 15 is 0 Å². The number of benzene rings is 1. The fourth-order valence-electron chi connectivity index (χ4n) is 4.53. The number of carbonyl (C=O) groups is 1. The van der Waals surface area contributed by atoms with Crippen molar-refractivity contribution in [2.75, 3.05) is 19.6 Å². The zero-order chi connectivity index (χ0) is 18.7. The van der Waals surface area contributed by atoms with Gasteiger partial charge in [-0.3, -0.25) is 9.69 Å². The first-order valence-corrected chi connectivity index (χ1v) is 10.0. The van der Waals surface area contributed by atoms with Crippen LogP contribution in [0.25, 0.3) is 0 Å². The molecule has 2 fully saturated rings. The first-order chi connectivity index (χ1) is 13.2. The number of rotatable bonds is 5. The molecule has 3 heterocycles. The number of hydrogen-bond donors (Lipinski definition) is 0. The molecule has 0 bridgehead atoms. The van der Waals surface area contributed by atoms with Crippen LogP contribution in [0.3, 0.4) is 0 Å². The summed E-state index contributed by atoms with van der Waals surface area (Å²) in [5, 5.41) is 4.11. The van der Waals surface area contributed by atoms with E-state index in [1.165, 1.54) is 12.0 Å². The van der Waals surface area contributed by atoms with Gasteiger partial charge in [0.15, 0.2) is 5.82 Å². The Morgan fingerprint density at radius 3 is 2.78 bits per heavy atom. The number of likely N-dealkylation sites (tertiary alicyclic amines) is 2. The molecule has 4 rings (SSSR count). The second-order valence-electron chi connectivity index (χ2n) is 8.01. The molecule has 1 aromatic heterocycles. The zero-order valence-corrected chi connectivity index (χ0v) is 16.1. The van der Waals surface area contributed by atoms with E-state index in [-0.39, 0.29) is 11.3 Å². The lowest BCUT2D eigenvalue weighted by molar-refractivity contribution is -0.140. The second kappa shape index (κ2) is 7.80. The Morgan fingerprint density at radius 1 is 1.15 bits per heavy atom. The molecular weight excluding hydrogens is 340 g/mol. The summed E-state index contributed by atoms with van der Waals surface area (Å²) >= 11 is 0. The van der Waals surface area contributed by atoms with Crippen molar-refractivity contribution in [3.63, 3.8) is 0 Å². The molecule has 1 spiro atoms. The molecule has 2 aliphatic heterocycles. The molecule has 144 valence electrons. The largest absolute Gasteiger partial charge is 0.339 e. The SMILES string of the molecule is CCc1nc(CN2CCC[C@@]3(CCC(=O)N(Cc4ccccc4)C3)C2)no1. The molecule has 0 N–H and O–H groups in total. The minimum atomic E-state index is 0.193. The van der Waals surface area contributed by atoms with E-state index in [1.807, 2.05) is 25.1 Å². The van der Waals surface area contributed by atoms with Crippen molar-refractivity contribution in [3.05, 3.63) is 47.6 Å². The number of aromatic nitrogens is 2. The highest BCUT2D eigenvalue weighted by Crippen LogP contribution is 2.39. The number of piperidine rings is 2. The van der Waals surface area contributed by atoms with Crippen molar-refractivity contribution < 1.29 is 9.32 Å². The van der Waals surface area contributed by atoms with Crippen LogP contribution < -0.4 is 0 Å². The minimum absolute atomic E-state index is 0.193. The number of nitrogens with zero attached hydrogens (tertiary/aromatic N) is 4. The van der Waals surface area contributed by atoms with Gasteiger partial charge in [0, 0.05) is 37.9 Å². The number of hydrogen-bond acceptors (Lipinski definition) is 5. The van der Waals surface area contributed by atoms with Crippen LogP contribution in [0.1, 0.15) is 49.9 Å². The van der Waals surface area contributed by atoms with Gasteiger partial charge in [0.05, 0.1) is 6.54 Å². The predicted octanol–water partition coefficient (Wildman–Crippen LogP) is 3.04. The monoisotopic (exact) mass is 368 g/mol. The predicted molar refractivity (Wildman–Crippen MR) is 102 cm³/mol. The van der Waals surface area contributed by atoms with Gasteiger partial charge in [0.25, 0.3) is 0 Å². The second-order valence-corrected chi connectivity index (χ2v) is 8.01. The highest BCUT2D eigenvalue weighted by Gasteiger charge is 2.41. The summed E-state index contributed by atoms with van der Waals surface area (Å²) in [6.07, 6.45) is 4.76. The maximum absolute atomic E-state index is 12.5. The molecule has 0 unspecified atom stereocenters. The Bertz CT molecular complexity index is 775. The van der Waals surface area contributed by atoms with Crippen molar-refractivity contribution in [3.8, 4) is 0 Å². The molecule has 1 aromatic carbocycles. The number of amides is 1. The van der Waals surface area contributed by atoms with Gasteiger partial charge in [0.2, 0.25) is 11.8 Å². The summed E-state index contributed by atoms with van der Waals surface area (Å²) in [5.74, 6) is 1.76. The van der Waals surface area contributed by atoms with Crippen molar-refractivity contribution in [2.24, 2.45) is 5.41 Å². The Kier molecular flexibility index (Phi) is 5.25. The van der Waals surface area contributed by atoms with Gasteiger partial charge in [-0.05, 0) is 31.4 Å². The van der Waals surface area contributed by atoms with Crippen LogP contribution in [-0.2, 0) is 24.3 Å². The Balaban J connectivity index is 1.42. The maximum Gasteiger partial charge on any atom is 0.226 e. The summed E-state index contributed by atoms with van der Waals surface area (Å²) < 4.78 is 5.25. The third-order valence-electron chi connectivity index (χ3n) is 5.88. The van der Waals surface area contributed by atoms with E-state index in [4.69, 9.17) is 4.52 Å². The highest BCUT2D eigenvalue weighted by molar-refractivity contribution is 5.77. The van der Waals surface area contributed by atoms with E-state index in [1.54, 1.807) is 0 Å². The fourth-order valence-corrected chi connectivity index (χ4v) is 4.53. The fraction of sp³-hybridized carbons (Fsp3) is 0.571. The third kappa shape index (κ3) is 4.21. The van der Waals surface area contributed by atoms with Crippen LogP contribution >= 0.6 is 0 Å². The molecule has 2 saturated heterocycles. The zero-order valence-electron chi connectivity index (χ0n) is 16.1. The lowest BCUT2D eigenvalue weighted by Gasteiger charge is -2.48. The van der Waals surface area contributed by atoms with Gasteiger partial charge >= 0.3 is 0 Å². The lowest BCUT2D eigenvalue weighted by Crippen LogP contribution is -2.53. The lowest BCUT2D eigenvalue weighted by atomic mass is 9.73. The molecule has 1 amide bonds. The topological polar surface area (TPSA) is 62.5 Å². The van der Waals surface area contributed by atoms with E-state index in [0.29, 0.717) is 18.9 Å². The Labute approximate surface area is 160 Å². The number of carbonyl (C=O) groups excluding carboxylic acids is 1. The molecule has 0 saturated carbocycles. The Morgan fingerprint density at radius 2 is 2.00 bits per heavy atom. The quantitative estimate of drug-likeness (QED) is 0.812. The summed E-state index contributed by atoms with van der Waals surface area (Å²) in [6, 6.07) is 10.3. The van der Waals surface area contributed by atoms with E-state index in [2.05, 4.69) is 32.1 Å². The third-order valence-corrected chi connectivity index (χ3v) is 5.88. The molecule has 1 atom stereocenters. The highest BCUT2D eigenvalue weighted by atomic mass is 16.5. The van der Waals surface area contributed by atoms with Gasteiger partial charge in [0.1, 0.15) is 0 Å². The molecular formula is C21H28N4O2.